The van der Waals surface area contributed by atoms with E-state index in [4.69, 9.17) is 0 Å². The first kappa shape index (κ1) is 40.5. The molecule has 0 aliphatic carbocycles. The zero-order valence-electron chi connectivity index (χ0n) is 30.4. The van der Waals surface area contributed by atoms with E-state index in [1.54, 1.807) is 32.4 Å². The summed E-state index contributed by atoms with van der Waals surface area (Å²) in [6.07, 6.45) is 10.9. The van der Waals surface area contributed by atoms with E-state index in [-0.39, 0.29) is 7.12 Å². The number of hydrogen-bond donors (Lipinski definition) is 0. The predicted octanol–water partition coefficient (Wildman–Crippen LogP) is 7.78. The molecule has 277 valence electrons. The summed E-state index contributed by atoms with van der Waals surface area (Å²) in [5.41, 5.74) is 0. The van der Waals surface area contributed by atoms with Gasteiger partial charge in [-0.25, -0.2) is 0 Å². The summed E-state index contributed by atoms with van der Waals surface area (Å²) < 4.78 is 5.38. The Labute approximate surface area is 346 Å². The van der Waals surface area contributed by atoms with E-state index in [9.17, 15) is 0 Å². The SMILES string of the molecule is [Cl][Ru].c1ccc(P(c2ccccc2)c2ccccc2)cc1.c1ccc(P(c2ccccc2)c2ccccc2)cc1.c1cnn(B(n2cccn2)n2cccn2)c1. The second-order valence-corrected chi connectivity index (χ2v) is 16.4. The number of halogens is 1. The van der Waals surface area contributed by atoms with Gasteiger partial charge >= 0.3 is 34.1 Å². The summed E-state index contributed by atoms with van der Waals surface area (Å²) >= 11 is 1.82. The van der Waals surface area contributed by atoms with E-state index >= 15 is 0 Å². The minimum atomic E-state index is -0.446. The van der Waals surface area contributed by atoms with E-state index in [1.807, 2.05) is 54.1 Å². The van der Waals surface area contributed by atoms with Crippen molar-refractivity contribution in [2.24, 2.45) is 0 Å². The molecule has 0 amide bonds. The zero-order chi connectivity index (χ0) is 38.6. The van der Waals surface area contributed by atoms with Crippen LogP contribution >= 0.6 is 25.5 Å². The molecule has 0 N–H and O–H groups in total. The number of hydrogen-bond acceptors (Lipinski definition) is 3. The zero-order valence-corrected chi connectivity index (χ0v) is 34.7. The molecule has 6 nitrogen and oxygen atoms in total. The summed E-state index contributed by atoms with van der Waals surface area (Å²) in [5, 5.41) is 21.1. The third-order valence-electron chi connectivity index (χ3n) is 8.37. The van der Waals surface area contributed by atoms with Gasteiger partial charge in [-0.15, -0.1) is 0 Å². The van der Waals surface area contributed by atoms with Crippen LogP contribution in [0.4, 0.5) is 0 Å². The number of benzene rings is 6. The van der Waals surface area contributed by atoms with Gasteiger partial charge in [0.25, 0.3) is 0 Å². The summed E-state index contributed by atoms with van der Waals surface area (Å²) in [7, 11) is 3.48. The molecule has 0 unspecified atom stereocenters. The van der Waals surface area contributed by atoms with Crippen LogP contribution in [-0.2, 0) is 17.3 Å². The van der Waals surface area contributed by atoms with Crippen LogP contribution in [0.2, 0.25) is 0 Å². The quantitative estimate of drug-likeness (QED) is 0.110. The fraction of sp³-hybridized carbons (Fsp3) is 0. The van der Waals surface area contributed by atoms with E-state index in [0.717, 1.165) is 0 Å². The maximum absolute atomic E-state index is 4.57. The van der Waals surface area contributed by atoms with Gasteiger partial charge < -0.3 is 0 Å². The van der Waals surface area contributed by atoms with E-state index in [2.05, 4.69) is 207 Å². The Morgan fingerprint density at radius 2 is 0.518 bits per heavy atom. The van der Waals surface area contributed by atoms with Crippen LogP contribution in [0.1, 0.15) is 0 Å². The number of aromatic nitrogens is 6. The van der Waals surface area contributed by atoms with Crippen LogP contribution in [0.15, 0.2) is 237 Å². The molecule has 56 heavy (non-hydrogen) atoms. The van der Waals surface area contributed by atoms with Crippen LogP contribution in [0, 0.1) is 0 Å². The van der Waals surface area contributed by atoms with Crippen LogP contribution in [0.3, 0.4) is 0 Å². The molecule has 6 aromatic carbocycles. The molecular formula is C45H39BClN6P2Ru. The molecule has 0 saturated heterocycles. The van der Waals surface area contributed by atoms with Crippen molar-refractivity contribution in [2.45, 2.75) is 0 Å². The second kappa shape index (κ2) is 22.4. The maximum Gasteiger partial charge on any atom is 0.568 e. The molecule has 0 aliphatic rings. The Kier molecular flexibility index (Phi) is 16.2. The van der Waals surface area contributed by atoms with Gasteiger partial charge in [0.1, 0.15) is 0 Å². The largest absolute Gasteiger partial charge is 0.568 e. The first-order valence-electron chi connectivity index (χ1n) is 17.9. The van der Waals surface area contributed by atoms with Crippen LogP contribution in [0.5, 0.6) is 0 Å². The minimum absolute atomic E-state index is 0.194. The van der Waals surface area contributed by atoms with Crippen molar-refractivity contribution in [1.82, 2.24) is 29.1 Å². The van der Waals surface area contributed by atoms with Gasteiger partial charge in [-0.3, -0.25) is 13.8 Å². The van der Waals surface area contributed by atoms with Gasteiger partial charge in [0.2, 0.25) is 0 Å². The summed E-state index contributed by atoms with van der Waals surface area (Å²) in [5.74, 6) is 0. The molecule has 0 aliphatic heterocycles. The Morgan fingerprint density at radius 3 is 0.679 bits per heavy atom. The van der Waals surface area contributed by atoms with Crippen molar-refractivity contribution in [3.05, 3.63) is 237 Å². The maximum atomic E-state index is 4.57. The Balaban J connectivity index is 0.000000140. The molecule has 0 radical (unpaired) electrons. The molecule has 0 spiro atoms. The molecule has 0 atom stereocenters. The van der Waals surface area contributed by atoms with Crippen molar-refractivity contribution in [3.63, 3.8) is 0 Å². The topological polar surface area (TPSA) is 53.5 Å². The number of rotatable bonds is 9. The fourth-order valence-electron chi connectivity index (χ4n) is 5.97. The molecule has 0 saturated carbocycles. The summed E-state index contributed by atoms with van der Waals surface area (Å²) in [6.45, 7) is 0. The van der Waals surface area contributed by atoms with Crippen molar-refractivity contribution >= 4 is 64.5 Å². The molecule has 0 fully saturated rings. The first-order chi connectivity index (χ1) is 27.8. The van der Waals surface area contributed by atoms with Crippen molar-refractivity contribution in [2.75, 3.05) is 0 Å². The Morgan fingerprint density at radius 1 is 0.321 bits per heavy atom. The molecule has 9 aromatic rings. The van der Waals surface area contributed by atoms with Crippen molar-refractivity contribution in [1.29, 1.82) is 0 Å². The monoisotopic (exact) mass is 873 g/mol. The normalized spacial score (nSPS) is 10.3. The molecule has 3 aromatic heterocycles. The van der Waals surface area contributed by atoms with Crippen molar-refractivity contribution < 1.29 is 17.3 Å². The fourth-order valence-corrected chi connectivity index (χ4v) is 10.6. The summed E-state index contributed by atoms with van der Waals surface area (Å²) in [6, 6.07) is 70.3. The van der Waals surface area contributed by atoms with Crippen LogP contribution < -0.4 is 31.8 Å². The molecule has 0 bridgehead atoms. The molecular weight excluding hydrogens is 834 g/mol. The standard InChI is InChI=1S/2C18H15P.C9H9BN6.ClH.Ru/c2*1-4-10-16(11-5-1)19(17-12-6-2-7-13-17)18-14-8-3-9-15-18;1-4-11-14(7-1)10(15-8-2-5-12-15)16-9-3-6-13-16;;/h2*1-15H;1-9H;1H;/q;;;;+1/p-1. The van der Waals surface area contributed by atoms with Gasteiger partial charge in [0.15, 0.2) is 0 Å². The number of nitrogens with zero attached hydrogens (tertiary/aromatic N) is 6. The van der Waals surface area contributed by atoms with E-state index in [1.165, 1.54) is 31.8 Å². The third kappa shape index (κ3) is 11.2. The molecule has 3 heterocycles. The molecule has 11 heteroatoms. The average Bonchev–Trinajstić information content (AvgIpc) is 4.12. The summed E-state index contributed by atoms with van der Waals surface area (Å²) in [4.78, 5) is 0. The smallest absolute Gasteiger partial charge is 0.269 e. The van der Waals surface area contributed by atoms with Crippen LogP contribution in [-0.4, -0.2) is 36.2 Å². The van der Waals surface area contributed by atoms with Crippen LogP contribution in [0.25, 0.3) is 0 Å². The van der Waals surface area contributed by atoms with E-state index in [0.29, 0.717) is 0 Å². The van der Waals surface area contributed by atoms with Crippen molar-refractivity contribution in [3.8, 4) is 0 Å². The van der Waals surface area contributed by atoms with Gasteiger partial charge in [-0.2, -0.15) is 15.3 Å². The predicted molar refractivity (Wildman–Crippen MR) is 235 cm³/mol. The second-order valence-electron chi connectivity index (χ2n) is 12.0. The average molecular weight is 873 g/mol. The third-order valence-corrected chi connectivity index (χ3v) is 13.3. The molecule has 9 rings (SSSR count). The first-order valence-corrected chi connectivity index (χ1v) is 22.8. The minimum Gasteiger partial charge on any atom is -0.269 e. The Bertz CT molecular complexity index is 1940. The Hall–Kier alpha value is -5.21. The van der Waals surface area contributed by atoms with Gasteiger partial charge in [0, 0.05) is 37.2 Å². The van der Waals surface area contributed by atoms with Gasteiger partial charge in [0.05, 0.1) is 0 Å². The van der Waals surface area contributed by atoms with Gasteiger partial charge in [-0.1, -0.05) is 182 Å². The van der Waals surface area contributed by atoms with E-state index < -0.39 is 15.8 Å². The van der Waals surface area contributed by atoms with Gasteiger partial charge in [-0.05, 0) is 65.9 Å².